The lowest BCUT2D eigenvalue weighted by Gasteiger charge is -2.16. The van der Waals surface area contributed by atoms with Gasteiger partial charge >= 0.3 is 0 Å². The number of aromatic nitrogens is 2. The third-order valence-electron chi connectivity index (χ3n) is 2.75. The lowest BCUT2D eigenvalue weighted by atomic mass is 10.3. The zero-order valence-corrected chi connectivity index (χ0v) is 15.0. The molecule has 0 saturated heterocycles. The van der Waals surface area contributed by atoms with Gasteiger partial charge in [0.25, 0.3) is 0 Å². The molecule has 8 heteroatoms. The Balaban J connectivity index is 2.49. The first kappa shape index (κ1) is 16.3. The van der Waals surface area contributed by atoms with Gasteiger partial charge in [-0.25, -0.2) is 4.98 Å². The van der Waals surface area contributed by atoms with E-state index in [9.17, 15) is 4.57 Å². The van der Waals surface area contributed by atoms with E-state index in [0.717, 1.165) is 0 Å². The Kier molecular flexibility index (Phi) is 4.91. The highest BCUT2D eigenvalue weighted by Crippen LogP contribution is 2.40. The summed E-state index contributed by atoms with van der Waals surface area (Å²) in [5.41, 5.74) is 0.694. The van der Waals surface area contributed by atoms with Crippen LogP contribution in [0.4, 0.5) is 11.5 Å². The van der Waals surface area contributed by atoms with E-state index in [2.05, 4.69) is 31.2 Å². The Morgan fingerprint density at radius 2 is 2.10 bits per heavy atom. The maximum absolute atomic E-state index is 12.5. The molecule has 112 valence electrons. The number of hydrogen-bond acceptors (Lipinski definition) is 5. The number of anilines is 2. The summed E-state index contributed by atoms with van der Waals surface area (Å²) in [6.07, 6.45) is 1.55. The molecule has 1 aromatic carbocycles. The zero-order chi connectivity index (χ0) is 15.6. The van der Waals surface area contributed by atoms with Gasteiger partial charge in [-0.2, -0.15) is 4.98 Å². The molecule has 5 nitrogen and oxygen atoms in total. The van der Waals surface area contributed by atoms with Crippen LogP contribution in [0.3, 0.4) is 0 Å². The number of halogens is 2. The first-order valence-electron chi connectivity index (χ1n) is 6.00. The third kappa shape index (κ3) is 3.96. The van der Waals surface area contributed by atoms with Crippen LogP contribution in [-0.4, -0.2) is 30.4 Å². The van der Waals surface area contributed by atoms with Crippen molar-refractivity contribution in [3.8, 4) is 5.75 Å². The summed E-state index contributed by atoms with van der Waals surface area (Å²) >= 11 is 9.15. The second-order valence-corrected chi connectivity index (χ2v) is 9.07. The van der Waals surface area contributed by atoms with Gasteiger partial charge in [0.15, 0.2) is 0 Å². The Morgan fingerprint density at radius 3 is 2.71 bits per heavy atom. The van der Waals surface area contributed by atoms with Gasteiger partial charge in [-0.15, -0.1) is 0 Å². The third-order valence-corrected chi connectivity index (χ3v) is 5.05. The van der Waals surface area contributed by atoms with Crippen molar-refractivity contribution in [1.82, 2.24) is 9.97 Å². The van der Waals surface area contributed by atoms with E-state index in [0.29, 0.717) is 27.0 Å². The van der Waals surface area contributed by atoms with E-state index in [1.807, 2.05) is 0 Å². The lowest BCUT2D eigenvalue weighted by molar-refractivity contribution is 0.415. The second kappa shape index (κ2) is 6.34. The standard InChI is InChI=1S/C13H14BrClN3O2P/c1-20-8-4-5-10(11(6-8)21(2,3)19)17-12-9(14)7-16-13(15)18-12/h4-7H,1-3H3,(H,16,17,18). The number of rotatable bonds is 4. The molecule has 1 N–H and O–H groups in total. The molecule has 1 heterocycles. The summed E-state index contributed by atoms with van der Waals surface area (Å²) in [7, 11) is -0.921. The molecular formula is C13H14BrClN3O2P. The zero-order valence-electron chi connectivity index (χ0n) is 11.7. The smallest absolute Gasteiger partial charge is 0.224 e. The number of benzene rings is 1. The fraction of sp³-hybridized carbons (Fsp3) is 0.231. The van der Waals surface area contributed by atoms with Crippen molar-refractivity contribution < 1.29 is 9.30 Å². The lowest BCUT2D eigenvalue weighted by Crippen LogP contribution is -2.11. The van der Waals surface area contributed by atoms with E-state index >= 15 is 0 Å². The molecule has 21 heavy (non-hydrogen) atoms. The van der Waals surface area contributed by atoms with Crippen LogP contribution in [0.1, 0.15) is 0 Å². The average Bonchev–Trinajstić information content (AvgIpc) is 2.42. The highest BCUT2D eigenvalue weighted by Gasteiger charge is 2.18. The quantitative estimate of drug-likeness (QED) is 0.634. The molecule has 1 aromatic heterocycles. The van der Waals surface area contributed by atoms with Crippen LogP contribution in [0.25, 0.3) is 0 Å². The van der Waals surface area contributed by atoms with Crippen molar-refractivity contribution in [3.05, 3.63) is 34.2 Å². The molecule has 2 aromatic rings. The fourth-order valence-corrected chi connectivity index (χ4v) is 3.32. The number of methoxy groups -OCH3 is 1. The molecule has 0 amide bonds. The minimum Gasteiger partial charge on any atom is -0.497 e. The summed E-state index contributed by atoms with van der Waals surface area (Å²) in [4.78, 5) is 7.98. The maximum Gasteiger partial charge on any atom is 0.224 e. The van der Waals surface area contributed by atoms with Crippen LogP contribution in [0.5, 0.6) is 5.75 Å². The molecule has 0 aliphatic rings. The highest BCUT2D eigenvalue weighted by molar-refractivity contribution is 9.10. The minimum atomic E-state index is -2.49. The van der Waals surface area contributed by atoms with Gasteiger partial charge in [-0.3, -0.25) is 0 Å². The average molecular weight is 391 g/mol. The summed E-state index contributed by atoms with van der Waals surface area (Å²) < 4.78 is 18.3. The largest absolute Gasteiger partial charge is 0.497 e. The summed E-state index contributed by atoms with van der Waals surface area (Å²) in [5, 5.41) is 3.94. The number of hydrogen-bond donors (Lipinski definition) is 1. The summed E-state index contributed by atoms with van der Waals surface area (Å²) in [6, 6.07) is 5.36. The van der Waals surface area contributed by atoms with Crippen LogP contribution in [0, 0.1) is 0 Å². The van der Waals surface area contributed by atoms with Crippen molar-refractivity contribution in [1.29, 1.82) is 0 Å². The Hall–Kier alpha value is -1.10. The van der Waals surface area contributed by atoms with Crippen molar-refractivity contribution in [2.24, 2.45) is 0 Å². The van der Waals surface area contributed by atoms with Gasteiger partial charge in [0.2, 0.25) is 5.28 Å². The summed E-state index contributed by atoms with van der Waals surface area (Å²) in [6.45, 7) is 3.41. The van der Waals surface area contributed by atoms with Crippen LogP contribution in [-0.2, 0) is 4.57 Å². The van der Waals surface area contributed by atoms with Crippen LogP contribution in [0.2, 0.25) is 5.28 Å². The molecule has 0 aliphatic heterocycles. The van der Waals surface area contributed by atoms with E-state index in [-0.39, 0.29) is 5.28 Å². The van der Waals surface area contributed by atoms with Crippen LogP contribution >= 0.6 is 34.7 Å². The van der Waals surface area contributed by atoms with Gasteiger partial charge < -0.3 is 14.6 Å². The molecule has 2 rings (SSSR count). The number of nitrogens with zero attached hydrogens (tertiary/aromatic N) is 2. The molecule has 0 bridgehead atoms. The predicted octanol–water partition coefficient (Wildman–Crippen LogP) is 3.89. The second-order valence-electron chi connectivity index (χ2n) is 4.69. The first-order valence-corrected chi connectivity index (χ1v) is 9.77. The number of ether oxygens (including phenoxy) is 1. The van der Waals surface area contributed by atoms with Crippen LogP contribution in [0.15, 0.2) is 28.9 Å². The van der Waals surface area contributed by atoms with Gasteiger partial charge in [-0.1, -0.05) is 0 Å². The van der Waals surface area contributed by atoms with E-state index < -0.39 is 7.14 Å². The van der Waals surface area contributed by atoms with Crippen molar-refractivity contribution in [2.45, 2.75) is 0 Å². The molecule has 0 fully saturated rings. The molecule has 0 unspecified atom stereocenters. The van der Waals surface area contributed by atoms with Crippen molar-refractivity contribution in [2.75, 3.05) is 25.8 Å². The van der Waals surface area contributed by atoms with Gasteiger partial charge in [0, 0.05) is 11.5 Å². The predicted molar refractivity (Wildman–Crippen MR) is 90.1 cm³/mol. The molecule has 0 atom stereocenters. The van der Waals surface area contributed by atoms with Crippen molar-refractivity contribution in [3.63, 3.8) is 0 Å². The van der Waals surface area contributed by atoms with Gasteiger partial charge in [-0.05, 0) is 59.1 Å². The maximum atomic E-state index is 12.5. The van der Waals surface area contributed by atoms with Crippen LogP contribution < -0.4 is 15.4 Å². The fourth-order valence-electron chi connectivity index (χ4n) is 1.75. The Bertz CT molecular complexity index is 721. The van der Waals surface area contributed by atoms with Gasteiger partial charge in [0.05, 0.1) is 17.3 Å². The van der Waals surface area contributed by atoms with E-state index in [1.54, 1.807) is 44.8 Å². The van der Waals surface area contributed by atoms with Crippen molar-refractivity contribution >= 4 is 51.5 Å². The first-order chi connectivity index (χ1) is 9.81. The van der Waals surface area contributed by atoms with Gasteiger partial charge in [0.1, 0.15) is 18.7 Å². The molecular weight excluding hydrogens is 376 g/mol. The minimum absolute atomic E-state index is 0.131. The monoisotopic (exact) mass is 389 g/mol. The topological polar surface area (TPSA) is 64.1 Å². The molecule has 0 radical (unpaired) electrons. The molecule has 0 spiro atoms. The highest BCUT2D eigenvalue weighted by atomic mass is 79.9. The summed E-state index contributed by atoms with van der Waals surface area (Å²) in [5.74, 6) is 1.16. The number of nitrogens with one attached hydrogen (secondary N) is 1. The SMILES string of the molecule is COc1ccc(Nc2nc(Cl)ncc2Br)c(P(C)(C)=O)c1. The Labute approximate surface area is 136 Å². The normalized spacial score (nSPS) is 11.3. The molecule has 0 saturated carbocycles. The van der Waals surface area contributed by atoms with E-state index in [4.69, 9.17) is 16.3 Å². The Morgan fingerprint density at radius 1 is 1.38 bits per heavy atom. The van der Waals surface area contributed by atoms with E-state index in [1.165, 1.54) is 0 Å². The molecule has 0 aliphatic carbocycles.